The number of rotatable bonds is 3. The molecule has 0 saturated heterocycles. The minimum absolute atomic E-state index is 0. The Hall–Kier alpha value is -1.17. The van der Waals surface area contributed by atoms with Gasteiger partial charge in [-0.3, -0.25) is 10.1 Å². The number of quaternary nitrogens is 1. The number of nitro benzene ring substituents is 1. The summed E-state index contributed by atoms with van der Waals surface area (Å²) in [6.07, 6.45) is 0. The van der Waals surface area contributed by atoms with Gasteiger partial charge in [-0.15, -0.1) is 0 Å². The van der Waals surface area contributed by atoms with Crippen LogP contribution in [0, 0.1) is 10.1 Å². The van der Waals surface area contributed by atoms with Crippen molar-refractivity contribution in [3.63, 3.8) is 0 Å². The molecule has 0 saturated carbocycles. The van der Waals surface area contributed by atoms with Crippen LogP contribution in [0.3, 0.4) is 0 Å². The van der Waals surface area contributed by atoms with E-state index >= 15 is 0 Å². The minimum atomic E-state index is -0.410. The molecule has 84 valence electrons. The van der Waals surface area contributed by atoms with Crippen LogP contribution in [0.1, 0.15) is 5.56 Å². The van der Waals surface area contributed by atoms with Crippen molar-refractivity contribution in [2.75, 3.05) is 14.1 Å². The third kappa shape index (κ3) is 4.73. The molecule has 0 spiro atoms. The van der Waals surface area contributed by atoms with Gasteiger partial charge in [0.1, 0.15) is 6.54 Å². The monoisotopic (exact) mass is 231 g/mol. The van der Waals surface area contributed by atoms with Crippen LogP contribution >= 0.6 is 0 Å². The Kier molecular flexibility index (Phi) is 4.67. The molecule has 0 aliphatic heterocycles. The van der Waals surface area contributed by atoms with Crippen molar-refractivity contribution < 1.29 is 21.9 Å². The van der Waals surface area contributed by atoms with Crippen LogP contribution in [-0.4, -0.2) is 23.6 Å². The molecule has 0 unspecified atom stereocenters. The van der Waals surface area contributed by atoms with E-state index in [1.807, 2.05) is 14.1 Å². The molecule has 0 heterocycles. The lowest BCUT2D eigenvalue weighted by Gasteiger charge is -2.21. The molecule has 1 rings (SSSR count). The summed E-state index contributed by atoms with van der Waals surface area (Å²) in [7, 11) is 3.73. The second-order valence-electron chi connectivity index (χ2n) is 3.86. The SMILES string of the molecule is C[N+](C)(N)Cc1ccc([N+](=O)[O-])cc1.[Cl-]. The molecule has 0 atom stereocenters. The molecule has 5 nitrogen and oxygen atoms in total. The Labute approximate surface area is 94.6 Å². The maximum Gasteiger partial charge on any atom is 0.269 e. The molecule has 0 fully saturated rings. The van der Waals surface area contributed by atoms with E-state index in [1.54, 1.807) is 12.1 Å². The number of hydrogen-bond acceptors (Lipinski definition) is 3. The summed E-state index contributed by atoms with van der Waals surface area (Å²) in [6.45, 7) is 0.651. The van der Waals surface area contributed by atoms with E-state index in [4.69, 9.17) is 5.84 Å². The number of nitrogens with two attached hydrogens (primary N) is 1. The Bertz CT molecular complexity index is 332. The van der Waals surface area contributed by atoms with Gasteiger partial charge in [-0.25, -0.2) is 4.59 Å². The second-order valence-corrected chi connectivity index (χ2v) is 3.86. The predicted octanol–water partition coefficient (Wildman–Crippen LogP) is -1.95. The summed E-state index contributed by atoms with van der Waals surface area (Å²) < 4.78 is 0.317. The molecule has 0 aromatic heterocycles. The Balaban J connectivity index is 0.00000196. The smallest absolute Gasteiger partial charge is 0.269 e. The Morgan fingerprint density at radius 3 is 2.13 bits per heavy atom. The minimum Gasteiger partial charge on any atom is -1.00 e. The van der Waals surface area contributed by atoms with Crippen molar-refractivity contribution in [1.82, 2.24) is 0 Å². The van der Waals surface area contributed by atoms with Crippen molar-refractivity contribution in [3.8, 4) is 0 Å². The first-order chi connectivity index (χ1) is 6.38. The topological polar surface area (TPSA) is 69.2 Å². The molecule has 1 aromatic carbocycles. The van der Waals surface area contributed by atoms with Gasteiger partial charge >= 0.3 is 0 Å². The maximum absolute atomic E-state index is 10.4. The van der Waals surface area contributed by atoms with Gasteiger partial charge in [0.2, 0.25) is 0 Å². The Morgan fingerprint density at radius 1 is 1.33 bits per heavy atom. The molecule has 0 radical (unpaired) electrons. The molecular weight excluding hydrogens is 218 g/mol. The summed E-state index contributed by atoms with van der Waals surface area (Å²) in [5.74, 6) is 5.77. The zero-order chi connectivity index (χ0) is 10.8. The fraction of sp³-hybridized carbons (Fsp3) is 0.333. The van der Waals surface area contributed by atoms with Crippen LogP contribution in [-0.2, 0) is 6.54 Å². The van der Waals surface area contributed by atoms with E-state index in [-0.39, 0.29) is 18.1 Å². The summed E-state index contributed by atoms with van der Waals surface area (Å²) >= 11 is 0. The van der Waals surface area contributed by atoms with Gasteiger partial charge in [0, 0.05) is 17.7 Å². The van der Waals surface area contributed by atoms with Gasteiger partial charge in [-0.1, -0.05) is 0 Å². The van der Waals surface area contributed by atoms with Crippen molar-refractivity contribution in [2.24, 2.45) is 5.84 Å². The van der Waals surface area contributed by atoms with E-state index in [2.05, 4.69) is 0 Å². The van der Waals surface area contributed by atoms with Gasteiger partial charge in [0.25, 0.3) is 5.69 Å². The third-order valence-electron chi connectivity index (χ3n) is 1.74. The number of hydrogen-bond donors (Lipinski definition) is 1. The van der Waals surface area contributed by atoms with Gasteiger partial charge < -0.3 is 12.4 Å². The molecule has 0 aliphatic carbocycles. The van der Waals surface area contributed by atoms with Crippen LogP contribution in [0.2, 0.25) is 0 Å². The number of halogens is 1. The summed E-state index contributed by atoms with van der Waals surface area (Å²) in [5, 5.41) is 10.4. The van der Waals surface area contributed by atoms with Crippen molar-refractivity contribution in [1.29, 1.82) is 0 Å². The van der Waals surface area contributed by atoms with Crippen molar-refractivity contribution in [2.45, 2.75) is 6.54 Å². The fourth-order valence-corrected chi connectivity index (χ4v) is 1.19. The van der Waals surface area contributed by atoms with Crippen LogP contribution in [0.5, 0.6) is 0 Å². The van der Waals surface area contributed by atoms with Crippen LogP contribution in [0.15, 0.2) is 24.3 Å². The number of nitro groups is 1. The quantitative estimate of drug-likeness (QED) is 0.285. The molecular formula is C9H14ClN3O2. The van der Waals surface area contributed by atoms with E-state index in [9.17, 15) is 10.1 Å². The Morgan fingerprint density at radius 2 is 1.80 bits per heavy atom. The molecule has 0 aliphatic rings. The lowest BCUT2D eigenvalue weighted by Crippen LogP contribution is -3.00. The zero-order valence-corrected chi connectivity index (χ0v) is 9.44. The number of benzene rings is 1. The summed E-state index contributed by atoms with van der Waals surface area (Å²) in [4.78, 5) is 9.96. The van der Waals surface area contributed by atoms with Crippen LogP contribution < -0.4 is 18.2 Å². The average molecular weight is 232 g/mol. The van der Waals surface area contributed by atoms with Crippen molar-refractivity contribution in [3.05, 3.63) is 39.9 Å². The van der Waals surface area contributed by atoms with E-state index in [0.717, 1.165) is 5.56 Å². The van der Waals surface area contributed by atoms with E-state index in [0.29, 0.717) is 11.1 Å². The highest BCUT2D eigenvalue weighted by Gasteiger charge is 2.11. The largest absolute Gasteiger partial charge is 1.00 e. The number of nitrogens with zero attached hydrogens (tertiary/aromatic N) is 2. The average Bonchev–Trinajstić information content (AvgIpc) is 2.02. The molecule has 2 N–H and O–H groups in total. The first kappa shape index (κ1) is 13.8. The van der Waals surface area contributed by atoms with Crippen LogP contribution in [0.25, 0.3) is 0 Å². The summed E-state index contributed by atoms with van der Waals surface area (Å²) in [5.41, 5.74) is 1.10. The lowest BCUT2D eigenvalue weighted by molar-refractivity contribution is -0.915. The highest BCUT2D eigenvalue weighted by atomic mass is 35.5. The predicted molar refractivity (Wildman–Crippen MR) is 53.1 cm³/mol. The molecule has 0 bridgehead atoms. The molecule has 6 heteroatoms. The highest BCUT2D eigenvalue weighted by Crippen LogP contribution is 2.13. The first-order valence-corrected chi connectivity index (χ1v) is 4.23. The standard InChI is InChI=1S/C9H14N3O2.ClH/c1-12(2,10)7-8-3-5-9(6-4-8)11(13)14;/h3-6H,7,10H2,1-2H3;1H/q+1;/p-1. The van der Waals surface area contributed by atoms with Gasteiger partial charge in [0.15, 0.2) is 0 Å². The van der Waals surface area contributed by atoms with Crippen molar-refractivity contribution >= 4 is 5.69 Å². The van der Waals surface area contributed by atoms with Crippen LogP contribution in [0.4, 0.5) is 5.69 Å². The highest BCUT2D eigenvalue weighted by molar-refractivity contribution is 5.32. The normalized spacial score (nSPS) is 10.6. The third-order valence-corrected chi connectivity index (χ3v) is 1.74. The molecule has 15 heavy (non-hydrogen) atoms. The maximum atomic E-state index is 10.4. The van der Waals surface area contributed by atoms with Gasteiger partial charge in [-0.05, 0) is 12.1 Å². The molecule has 1 aromatic rings. The van der Waals surface area contributed by atoms with E-state index < -0.39 is 4.92 Å². The molecule has 0 amide bonds. The fourth-order valence-electron chi connectivity index (χ4n) is 1.19. The zero-order valence-electron chi connectivity index (χ0n) is 8.68. The lowest BCUT2D eigenvalue weighted by atomic mass is 10.2. The second kappa shape index (κ2) is 5.06. The van der Waals surface area contributed by atoms with Gasteiger partial charge in [-0.2, -0.15) is 5.84 Å². The summed E-state index contributed by atoms with van der Waals surface area (Å²) in [6, 6.07) is 6.44. The number of non-ortho nitro benzene ring substituents is 1. The van der Waals surface area contributed by atoms with Gasteiger partial charge in [0.05, 0.1) is 19.0 Å². The van der Waals surface area contributed by atoms with E-state index in [1.165, 1.54) is 12.1 Å². The first-order valence-electron chi connectivity index (χ1n) is 4.23.